The Labute approximate surface area is 107 Å². The molecule has 3 N–H and O–H groups in total. The second-order valence-electron chi connectivity index (χ2n) is 4.38. The van der Waals surface area contributed by atoms with E-state index in [9.17, 15) is 4.79 Å². The molecule has 0 saturated heterocycles. The minimum absolute atomic E-state index is 0.0370. The van der Waals surface area contributed by atoms with Crippen molar-refractivity contribution in [3.05, 3.63) is 30.0 Å². The van der Waals surface area contributed by atoms with E-state index in [0.717, 1.165) is 30.4 Å². The maximum Gasteiger partial charge on any atom is 0.270 e. The Morgan fingerprint density at radius 1 is 1.39 bits per heavy atom. The maximum absolute atomic E-state index is 12.3. The summed E-state index contributed by atoms with van der Waals surface area (Å²) in [5.74, 6) is 0.0370. The van der Waals surface area contributed by atoms with Gasteiger partial charge in [-0.3, -0.25) is 4.79 Å². The zero-order valence-electron chi connectivity index (χ0n) is 10.9. The number of para-hydroxylation sites is 1. The van der Waals surface area contributed by atoms with Gasteiger partial charge >= 0.3 is 0 Å². The molecule has 0 fully saturated rings. The average molecular weight is 245 g/mol. The molecule has 0 saturated carbocycles. The first-order valence-electron chi connectivity index (χ1n) is 6.33. The van der Waals surface area contributed by atoms with Gasteiger partial charge in [-0.25, -0.2) is 0 Å². The predicted octanol–water partition coefficient (Wildman–Crippen LogP) is 2.62. The van der Waals surface area contributed by atoms with Crippen molar-refractivity contribution in [2.45, 2.75) is 20.3 Å². The quantitative estimate of drug-likeness (QED) is 0.813. The third-order valence-electron chi connectivity index (χ3n) is 3.08. The molecule has 0 radical (unpaired) electrons. The number of nitrogens with two attached hydrogens (primary N) is 1. The van der Waals surface area contributed by atoms with Gasteiger partial charge in [-0.05, 0) is 25.5 Å². The lowest BCUT2D eigenvalue weighted by Crippen LogP contribution is -2.31. The fraction of sp³-hybridized carbons (Fsp3) is 0.357. The number of aromatic amines is 1. The zero-order valence-corrected chi connectivity index (χ0v) is 10.9. The third kappa shape index (κ3) is 2.18. The monoisotopic (exact) mass is 245 g/mol. The van der Waals surface area contributed by atoms with Crippen LogP contribution in [0, 0.1) is 0 Å². The lowest BCUT2D eigenvalue weighted by Gasteiger charge is -2.18. The molecule has 0 aliphatic carbocycles. The molecule has 0 unspecified atom stereocenters. The number of benzene rings is 1. The molecule has 0 spiro atoms. The smallest absolute Gasteiger partial charge is 0.270 e. The average Bonchev–Trinajstić information content (AvgIpc) is 2.80. The van der Waals surface area contributed by atoms with Crippen LogP contribution in [0.15, 0.2) is 24.3 Å². The molecule has 4 heteroatoms. The highest BCUT2D eigenvalue weighted by molar-refractivity contribution is 6.00. The first kappa shape index (κ1) is 12.5. The zero-order chi connectivity index (χ0) is 13.1. The summed E-state index contributed by atoms with van der Waals surface area (Å²) in [6.07, 6.45) is 0.960. The Balaban J connectivity index is 2.36. The molecule has 0 aliphatic heterocycles. The highest BCUT2D eigenvalue weighted by Gasteiger charge is 2.16. The molecule has 0 aliphatic rings. The molecule has 2 rings (SSSR count). The van der Waals surface area contributed by atoms with Gasteiger partial charge in [0.05, 0.1) is 11.2 Å². The number of aromatic nitrogens is 1. The number of hydrogen-bond donors (Lipinski definition) is 2. The van der Waals surface area contributed by atoms with E-state index in [4.69, 9.17) is 5.73 Å². The number of nitrogen functional groups attached to an aromatic ring is 1. The van der Waals surface area contributed by atoms with Crippen LogP contribution >= 0.6 is 0 Å². The van der Waals surface area contributed by atoms with E-state index in [1.54, 1.807) is 0 Å². The maximum atomic E-state index is 12.3. The van der Waals surface area contributed by atoms with Gasteiger partial charge in [0.2, 0.25) is 0 Å². The van der Waals surface area contributed by atoms with E-state index in [-0.39, 0.29) is 5.91 Å². The van der Waals surface area contributed by atoms with Crippen LogP contribution in [-0.2, 0) is 0 Å². The molecule has 1 heterocycles. The van der Waals surface area contributed by atoms with Gasteiger partial charge in [0.15, 0.2) is 0 Å². The summed E-state index contributed by atoms with van der Waals surface area (Å²) in [5, 5.41) is 0.978. The van der Waals surface area contributed by atoms with Crippen LogP contribution in [0.1, 0.15) is 30.8 Å². The van der Waals surface area contributed by atoms with Crippen molar-refractivity contribution in [3.63, 3.8) is 0 Å². The Hall–Kier alpha value is -1.97. The van der Waals surface area contributed by atoms with Gasteiger partial charge in [-0.2, -0.15) is 0 Å². The summed E-state index contributed by atoms with van der Waals surface area (Å²) >= 11 is 0. The van der Waals surface area contributed by atoms with E-state index in [1.807, 2.05) is 36.1 Å². The minimum Gasteiger partial charge on any atom is -0.397 e. The molecule has 2 aromatic rings. The molecule has 18 heavy (non-hydrogen) atoms. The van der Waals surface area contributed by atoms with Crippen molar-refractivity contribution < 1.29 is 4.79 Å². The molecule has 96 valence electrons. The molecular formula is C14H19N3O. The normalized spacial score (nSPS) is 10.8. The van der Waals surface area contributed by atoms with Gasteiger partial charge in [0.25, 0.3) is 5.91 Å². The largest absolute Gasteiger partial charge is 0.397 e. The number of amides is 1. The third-order valence-corrected chi connectivity index (χ3v) is 3.08. The van der Waals surface area contributed by atoms with Crippen molar-refractivity contribution in [2.75, 3.05) is 18.8 Å². The number of carbonyl (C=O) groups is 1. The van der Waals surface area contributed by atoms with Crippen LogP contribution in [0.5, 0.6) is 0 Å². The number of carbonyl (C=O) groups excluding carboxylic acids is 1. The van der Waals surface area contributed by atoms with E-state index in [2.05, 4.69) is 11.9 Å². The first-order valence-corrected chi connectivity index (χ1v) is 6.33. The van der Waals surface area contributed by atoms with Crippen LogP contribution < -0.4 is 5.73 Å². The molecule has 0 atom stereocenters. The molecule has 1 aromatic carbocycles. The van der Waals surface area contributed by atoms with Crippen LogP contribution in [0.25, 0.3) is 10.9 Å². The fourth-order valence-electron chi connectivity index (χ4n) is 2.14. The number of hydrogen-bond acceptors (Lipinski definition) is 2. The second-order valence-corrected chi connectivity index (χ2v) is 4.38. The number of nitrogens with zero attached hydrogens (tertiary/aromatic N) is 1. The molecule has 1 amide bonds. The number of anilines is 1. The topological polar surface area (TPSA) is 62.1 Å². The first-order chi connectivity index (χ1) is 8.67. The Bertz CT molecular complexity index is 559. The van der Waals surface area contributed by atoms with Crippen LogP contribution in [0.4, 0.5) is 5.69 Å². The van der Waals surface area contributed by atoms with Crippen LogP contribution in [-0.4, -0.2) is 28.9 Å². The number of rotatable bonds is 4. The van der Waals surface area contributed by atoms with Crippen LogP contribution in [0.3, 0.4) is 0 Å². The Morgan fingerprint density at radius 3 is 2.78 bits per heavy atom. The molecule has 0 bridgehead atoms. The van der Waals surface area contributed by atoms with E-state index >= 15 is 0 Å². The minimum atomic E-state index is 0.0370. The highest BCUT2D eigenvalue weighted by Crippen LogP contribution is 2.21. The van der Waals surface area contributed by atoms with Crippen molar-refractivity contribution in [3.8, 4) is 0 Å². The van der Waals surface area contributed by atoms with Gasteiger partial charge < -0.3 is 15.6 Å². The number of fused-ring (bicyclic) bond motifs is 1. The lowest BCUT2D eigenvalue weighted by molar-refractivity contribution is 0.0759. The van der Waals surface area contributed by atoms with E-state index in [1.165, 1.54) is 0 Å². The number of nitrogens with one attached hydrogen (secondary N) is 1. The SMILES string of the molecule is CCCN(CC)C(=O)c1cc2cccc(N)c2[nH]1. The summed E-state index contributed by atoms with van der Waals surface area (Å²) in [5.41, 5.74) is 8.00. The van der Waals surface area contributed by atoms with Gasteiger partial charge in [-0.1, -0.05) is 19.1 Å². The predicted molar refractivity (Wildman–Crippen MR) is 74.6 cm³/mol. The summed E-state index contributed by atoms with van der Waals surface area (Å²) in [6.45, 7) is 5.56. The van der Waals surface area contributed by atoms with Crippen molar-refractivity contribution in [1.82, 2.24) is 9.88 Å². The standard InChI is InChI=1S/C14H19N3O/c1-3-8-17(4-2)14(18)12-9-10-6-5-7-11(15)13(10)16-12/h5-7,9,16H,3-4,8,15H2,1-2H3. The highest BCUT2D eigenvalue weighted by atomic mass is 16.2. The second kappa shape index (κ2) is 5.12. The Kier molecular flexibility index (Phi) is 3.55. The van der Waals surface area contributed by atoms with E-state index in [0.29, 0.717) is 11.4 Å². The van der Waals surface area contributed by atoms with Crippen LogP contribution in [0.2, 0.25) is 0 Å². The fourth-order valence-corrected chi connectivity index (χ4v) is 2.14. The Morgan fingerprint density at radius 2 is 2.17 bits per heavy atom. The molecular weight excluding hydrogens is 226 g/mol. The van der Waals surface area contributed by atoms with E-state index < -0.39 is 0 Å². The summed E-state index contributed by atoms with van der Waals surface area (Å²) in [7, 11) is 0. The molecule has 1 aromatic heterocycles. The lowest BCUT2D eigenvalue weighted by atomic mass is 10.2. The van der Waals surface area contributed by atoms with Gasteiger partial charge in [0.1, 0.15) is 5.69 Å². The summed E-state index contributed by atoms with van der Waals surface area (Å²) in [4.78, 5) is 17.3. The number of H-pyrrole nitrogens is 1. The molecule has 4 nitrogen and oxygen atoms in total. The summed E-state index contributed by atoms with van der Waals surface area (Å²) < 4.78 is 0. The van der Waals surface area contributed by atoms with Crippen molar-refractivity contribution in [2.24, 2.45) is 0 Å². The van der Waals surface area contributed by atoms with Crippen molar-refractivity contribution >= 4 is 22.5 Å². The summed E-state index contributed by atoms with van der Waals surface area (Å²) in [6, 6.07) is 7.54. The van der Waals surface area contributed by atoms with Gasteiger partial charge in [0, 0.05) is 18.5 Å². The van der Waals surface area contributed by atoms with Crippen molar-refractivity contribution in [1.29, 1.82) is 0 Å². The van der Waals surface area contributed by atoms with Gasteiger partial charge in [-0.15, -0.1) is 0 Å².